The van der Waals surface area contributed by atoms with Gasteiger partial charge in [-0.3, -0.25) is 0 Å². The molecule has 0 aliphatic carbocycles. The van der Waals surface area contributed by atoms with Gasteiger partial charge in [0.2, 0.25) is 5.65 Å². The summed E-state index contributed by atoms with van der Waals surface area (Å²) in [5.41, 5.74) is 0.131. The molecular weight excluding hydrogens is 160 g/mol. The molecule has 0 aliphatic rings. The molecule has 0 atom stereocenters. The smallest absolute Gasteiger partial charge is 0.242 e. The number of hydrogen-bond acceptors (Lipinski definition) is 6. The van der Waals surface area contributed by atoms with Gasteiger partial charge in [-0.2, -0.15) is 10.4 Å². The molecule has 0 saturated carbocycles. The van der Waals surface area contributed by atoms with E-state index in [0.717, 1.165) is 4.63 Å². The largest absolute Gasteiger partial charge is 0.503 e. The Labute approximate surface area is 65.9 Å². The third kappa shape index (κ3) is 0.687. The van der Waals surface area contributed by atoms with E-state index < -0.39 is 0 Å². The first-order chi connectivity index (χ1) is 5.83. The summed E-state index contributed by atoms with van der Waals surface area (Å²) in [4.78, 5) is 0. The van der Waals surface area contributed by atoms with Crippen molar-refractivity contribution in [3.63, 3.8) is 0 Å². The number of rotatable bonds is 0. The van der Waals surface area contributed by atoms with E-state index in [1.807, 2.05) is 0 Å². The van der Waals surface area contributed by atoms with Gasteiger partial charge < -0.3 is 5.11 Å². The zero-order chi connectivity index (χ0) is 8.55. The zero-order valence-electron chi connectivity index (χ0n) is 5.71. The van der Waals surface area contributed by atoms with Crippen LogP contribution in [0.15, 0.2) is 6.20 Å². The first kappa shape index (κ1) is 6.48. The number of tetrazole rings is 1. The molecule has 12 heavy (non-hydrogen) atoms. The molecule has 2 rings (SSSR count). The second-order valence-corrected chi connectivity index (χ2v) is 2.01. The topological polar surface area (TPSA) is 100.0 Å². The van der Waals surface area contributed by atoms with E-state index in [2.05, 4.69) is 20.6 Å². The monoisotopic (exact) mass is 162 g/mol. The van der Waals surface area contributed by atoms with E-state index in [9.17, 15) is 5.11 Å². The van der Waals surface area contributed by atoms with Crippen LogP contribution in [0.4, 0.5) is 0 Å². The van der Waals surface area contributed by atoms with Crippen molar-refractivity contribution >= 4 is 5.65 Å². The van der Waals surface area contributed by atoms with Gasteiger partial charge in [0.05, 0.1) is 6.20 Å². The fourth-order valence-electron chi connectivity index (χ4n) is 0.778. The summed E-state index contributed by atoms with van der Waals surface area (Å²) in [6, 6.07) is 1.76. The van der Waals surface area contributed by atoms with E-state index in [0.29, 0.717) is 0 Å². The quantitative estimate of drug-likeness (QED) is 0.538. The maximum atomic E-state index is 9.31. The summed E-state index contributed by atoms with van der Waals surface area (Å²) in [5.74, 6) is -0.252. The van der Waals surface area contributed by atoms with Crippen LogP contribution in [0.25, 0.3) is 5.65 Å². The predicted molar refractivity (Wildman–Crippen MR) is 35.0 cm³/mol. The van der Waals surface area contributed by atoms with Crippen molar-refractivity contribution in [3.8, 4) is 11.8 Å². The van der Waals surface area contributed by atoms with Gasteiger partial charge in [-0.25, -0.2) is 0 Å². The highest BCUT2D eigenvalue weighted by Crippen LogP contribution is 2.17. The van der Waals surface area contributed by atoms with Gasteiger partial charge in [-0.15, -0.1) is 9.73 Å². The summed E-state index contributed by atoms with van der Waals surface area (Å²) in [6.45, 7) is 0. The fraction of sp³-hybridized carbons (Fsp3) is 0. The van der Waals surface area contributed by atoms with Crippen molar-refractivity contribution in [2.45, 2.75) is 0 Å². The van der Waals surface area contributed by atoms with Crippen LogP contribution in [0.5, 0.6) is 5.75 Å². The first-order valence-corrected chi connectivity index (χ1v) is 2.99. The van der Waals surface area contributed by atoms with Crippen molar-refractivity contribution < 1.29 is 5.11 Å². The maximum absolute atomic E-state index is 9.31. The lowest BCUT2D eigenvalue weighted by Gasteiger charge is -1.93. The van der Waals surface area contributed by atoms with Gasteiger partial charge in [0.1, 0.15) is 11.6 Å². The average molecular weight is 162 g/mol. The summed E-state index contributed by atoms with van der Waals surface area (Å²) < 4.78 is 1.04. The number of nitriles is 1. The molecule has 0 saturated heterocycles. The Morgan fingerprint density at radius 2 is 2.42 bits per heavy atom. The number of fused-ring (bicyclic) bond motifs is 1. The Kier molecular flexibility index (Phi) is 1.15. The SMILES string of the molecule is N#Cc1cnn2nnnc2c1O. The third-order valence-electron chi connectivity index (χ3n) is 1.34. The van der Waals surface area contributed by atoms with Gasteiger partial charge >= 0.3 is 0 Å². The lowest BCUT2D eigenvalue weighted by atomic mass is 10.3. The average Bonchev–Trinajstić information content (AvgIpc) is 2.53. The standard InChI is InChI=1S/C5H2N6O/c6-1-3-2-7-11-5(4(3)12)8-9-10-11/h2,12H. The minimum absolute atomic E-state index is 0.0531. The molecule has 58 valence electrons. The lowest BCUT2D eigenvalue weighted by Crippen LogP contribution is -1.94. The molecule has 0 bridgehead atoms. The van der Waals surface area contributed by atoms with E-state index in [4.69, 9.17) is 5.26 Å². The maximum Gasteiger partial charge on any atom is 0.242 e. The zero-order valence-corrected chi connectivity index (χ0v) is 5.71. The van der Waals surface area contributed by atoms with Crippen LogP contribution in [0.2, 0.25) is 0 Å². The van der Waals surface area contributed by atoms with Crippen LogP contribution in [-0.4, -0.2) is 30.4 Å². The Bertz CT molecular complexity index is 468. The Hall–Kier alpha value is -2.23. The fourth-order valence-corrected chi connectivity index (χ4v) is 0.778. The van der Waals surface area contributed by atoms with E-state index in [1.54, 1.807) is 6.07 Å². The second-order valence-electron chi connectivity index (χ2n) is 2.01. The molecule has 0 unspecified atom stereocenters. The van der Waals surface area contributed by atoms with Crippen molar-refractivity contribution in [2.24, 2.45) is 0 Å². The molecule has 7 nitrogen and oxygen atoms in total. The minimum atomic E-state index is -0.252. The van der Waals surface area contributed by atoms with Crippen molar-refractivity contribution in [1.29, 1.82) is 5.26 Å². The third-order valence-corrected chi connectivity index (χ3v) is 1.34. The van der Waals surface area contributed by atoms with Gasteiger partial charge in [-0.1, -0.05) is 0 Å². The van der Waals surface area contributed by atoms with Crippen LogP contribution >= 0.6 is 0 Å². The van der Waals surface area contributed by atoms with Crippen molar-refractivity contribution in [1.82, 2.24) is 25.3 Å². The number of aromatic hydroxyl groups is 1. The summed E-state index contributed by atoms with van der Waals surface area (Å²) in [6.07, 6.45) is 1.19. The molecule has 0 fully saturated rings. The van der Waals surface area contributed by atoms with Crippen LogP contribution in [0.1, 0.15) is 5.56 Å². The van der Waals surface area contributed by atoms with Crippen LogP contribution in [0, 0.1) is 11.3 Å². The molecule has 0 amide bonds. The van der Waals surface area contributed by atoms with Crippen LogP contribution in [0.3, 0.4) is 0 Å². The predicted octanol–water partition coefficient (Wildman–Crippen LogP) is -0.903. The molecule has 2 aromatic heterocycles. The highest BCUT2D eigenvalue weighted by Gasteiger charge is 2.09. The van der Waals surface area contributed by atoms with E-state index in [1.165, 1.54) is 6.20 Å². The normalized spacial score (nSPS) is 9.92. The first-order valence-electron chi connectivity index (χ1n) is 2.99. The van der Waals surface area contributed by atoms with E-state index in [-0.39, 0.29) is 17.0 Å². The highest BCUT2D eigenvalue weighted by molar-refractivity contribution is 5.57. The molecule has 0 radical (unpaired) electrons. The Balaban J connectivity index is 2.89. The molecule has 0 aromatic carbocycles. The van der Waals surface area contributed by atoms with Gasteiger partial charge in [0, 0.05) is 0 Å². The number of nitrogens with zero attached hydrogens (tertiary/aromatic N) is 6. The van der Waals surface area contributed by atoms with Gasteiger partial charge in [0.15, 0.2) is 5.75 Å². The van der Waals surface area contributed by atoms with Crippen LogP contribution in [-0.2, 0) is 0 Å². The summed E-state index contributed by atoms with van der Waals surface area (Å²) in [7, 11) is 0. The number of aromatic nitrogens is 5. The number of hydrogen-bond donors (Lipinski definition) is 1. The van der Waals surface area contributed by atoms with Crippen molar-refractivity contribution in [2.75, 3.05) is 0 Å². The van der Waals surface area contributed by atoms with Gasteiger partial charge in [0.25, 0.3) is 0 Å². The van der Waals surface area contributed by atoms with Crippen LogP contribution < -0.4 is 0 Å². The Morgan fingerprint density at radius 1 is 1.58 bits per heavy atom. The molecular formula is C5H2N6O. The molecule has 1 N–H and O–H groups in total. The van der Waals surface area contributed by atoms with E-state index >= 15 is 0 Å². The molecule has 0 spiro atoms. The molecule has 7 heteroatoms. The minimum Gasteiger partial charge on any atom is -0.503 e. The van der Waals surface area contributed by atoms with Crippen molar-refractivity contribution in [3.05, 3.63) is 11.8 Å². The summed E-state index contributed by atoms with van der Waals surface area (Å²) >= 11 is 0. The molecule has 2 aromatic rings. The highest BCUT2D eigenvalue weighted by atomic mass is 16.3. The molecule has 2 heterocycles. The lowest BCUT2D eigenvalue weighted by molar-refractivity contribution is 0.472. The summed E-state index contributed by atoms with van der Waals surface area (Å²) in [5, 5.41) is 31.6. The van der Waals surface area contributed by atoms with Gasteiger partial charge in [-0.05, 0) is 10.4 Å². The molecule has 0 aliphatic heterocycles. The Morgan fingerprint density at radius 3 is 3.17 bits per heavy atom. The second kappa shape index (κ2) is 2.13.